The molecular weight excluding hydrogens is 174 g/mol. The second-order valence-corrected chi connectivity index (χ2v) is 3.23. The molecule has 1 heterocycles. The fourth-order valence-corrected chi connectivity index (χ4v) is 1.38. The summed E-state index contributed by atoms with van der Waals surface area (Å²) in [5.74, 6) is 0. The Morgan fingerprint density at radius 2 is 1.93 bits per heavy atom. The Morgan fingerprint density at radius 3 is 2.64 bits per heavy atom. The normalized spacial score (nSPS) is 10.1. The molecule has 0 aliphatic rings. The first-order valence-corrected chi connectivity index (χ1v) is 4.40. The van der Waals surface area contributed by atoms with Crippen molar-refractivity contribution in [1.29, 1.82) is 0 Å². The first-order valence-electron chi connectivity index (χ1n) is 4.40. The number of hydrogen-bond donors (Lipinski definition) is 1. The van der Waals surface area contributed by atoms with E-state index in [1.54, 1.807) is 12.4 Å². The molecule has 0 spiro atoms. The maximum Gasteiger partial charge on any atom is 0.0732 e. The van der Waals surface area contributed by atoms with Gasteiger partial charge in [0.25, 0.3) is 0 Å². The van der Waals surface area contributed by atoms with Crippen LogP contribution in [0.15, 0.2) is 36.7 Å². The summed E-state index contributed by atoms with van der Waals surface area (Å²) >= 11 is 0. The van der Waals surface area contributed by atoms with E-state index in [-0.39, 0.29) is 0 Å². The van der Waals surface area contributed by atoms with Crippen molar-refractivity contribution in [3.05, 3.63) is 42.2 Å². The number of benzene rings is 1. The zero-order valence-corrected chi connectivity index (χ0v) is 7.94. The number of aryl methyl sites for hydroxylation is 1. The summed E-state index contributed by atoms with van der Waals surface area (Å²) in [5.41, 5.74) is 9.68. The van der Waals surface area contributed by atoms with Gasteiger partial charge in [0.15, 0.2) is 0 Å². The Kier molecular flexibility index (Phi) is 2.14. The molecule has 3 nitrogen and oxygen atoms in total. The molecule has 0 aliphatic carbocycles. The fraction of sp³-hybridized carbons (Fsp3) is 0.0909. The molecule has 0 saturated carbocycles. The second kappa shape index (κ2) is 3.46. The molecule has 0 unspecified atom stereocenters. The maximum absolute atomic E-state index is 5.80. The van der Waals surface area contributed by atoms with E-state index in [0.29, 0.717) is 5.69 Å². The van der Waals surface area contributed by atoms with E-state index in [0.717, 1.165) is 11.1 Å². The smallest absolute Gasteiger partial charge is 0.0732 e. The SMILES string of the molecule is Cc1cccc(-c2cnncc2N)c1. The number of anilines is 1. The van der Waals surface area contributed by atoms with Crippen molar-refractivity contribution in [2.24, 2.45) is 0 Å². The van der Waals surface area contributed by atoms with Crippen molar-refractivity contribution < 1.29 is 0 Å². The van der Waals surface area contributed by atoms with Gasteiger partial charge in [-0.15, -0.1) is 0 Å². The number of hydrogen-bond acceptors (Lipinski definition) is 3. The maximum atomic E-state index is 5.80. The summed E-state index contributed by atoms with van der Waals surface area (Å²) in [6, 6.07) is 8.15. The monoisotopic (exact) mass is 185 g/mol. The third kappa shape index (κ3) is 1.57. The first-order chi connectivity index (χ1) is 6.77. The third-order valence-electron chi connectivity index (χ3n) is 2.09. The molecule has 0 saturated heterocycles. The third-order valence-corrected chi connectivity index (χ3v) is 2.09. The van der Waals surface area contributed by atoms with Gasteiger partial charge in [-0.25, -0.2) is 0 Å². The Labute approximate surface area is 82.6 Å². The number of nitrogen functional groups attached to an aromatic ring is 1. The minimum absolute atomic E-state index is 0.658. The molecule has 0 fully saturated rings. The van der Waals surface area contributed by atoms with Gasteiger partial charge in [-0.1, -0.05) is 29.8 Å². The Morgan fingerprint density at radius 1 is 1.14 bits per heavy atom. The fourth-order valence-electron chi connectivity index (χ4n) is 1.38. The van der Waals surface area contributed by atoms with E-state index in [1.807, 2.05) is 25.1 Å². The standard InChI is InChI=1S/C11H11N3/c1-8-3-2-4-9(5-8)10-6-13-14-7-11(10)12/h2-7H,1H3,(H2,12,13). The second-order valence-electron chi connectivity index (χ2n) is 3.23. The Balaban J connectivity index is 2.55. The molecule has 1 aromatic carbocycles. The number of rotatable bonds is 1. The molecule has 1 aromatic heterocycles. The molecule has 2 rings (SSSR count). The van der Waals surface area contributed by atoms with E-state index in [2.05, 4.69) is 16.3 Å². The van der Waals surface area contributed by atoms with Crippen molar-refractivity contribution in [2.45, 2.75) is 6.92 Å². The van der Waals surface area contributed by atoms with Crippen LogP contribution in [0.1, 0.15) is 5.56 Å². The zero-order chi connectivity index (χ0) is 9.97. The summed E-state index contributed by atoms with van der Waals surface area (Å²) in [7, 11) is 0. The van der Waals surface area contributed by atoms with E-state index in [9.17, 15) is 0 Å². The summed E-state index contributed by atoms with van der Waals surface area (Å²) < 4.78 is 0. The lowest BCUT2D eigenvalue weighted by Gasteiger charge is -2.04. The molecule has 2 aromatic rings. The molecule has 0 aliphatic heterocycles. The highest BCUT2D eigenvalue weighted by Gasteiger charge is 2.01. The van der Waals surface area contributed by atoms with Gasteiger partial charge in [-0.2, -0.15) is 10.2 Å². The molecule has 0 amide bonds. The van der Waals surface area contributed by atoms with Crippen LogP contribution in [-0.2, 0) is 0 Å². The summed E-state index contributed by atoms with van der Waals surface area (Å²) in [6.07, 6.45) is 3.25. The largest absolute Gasteiger partial charge is 0.397 e. The number of nitrogens with zero attached hydrogens (tertiary/aromatic N) is 2. The lowest BCUT2D eigenvalue weighted by Crippen LogP contribution is -1.93. The molecule has 0 bridgehead atoms. The van der Waals surface area contributed by atoms with Crippen molar-refractivity contribution in [1.82, 2.24) is 10.2 Å². The van der Waals surface area contributed by atoms with Crippen LogP contribution in [-0.4, -0.2) is 10.2 Å². The highest BCUT2D eigenvalue weighted by Crippen LogP contribution is 2.24. The van der Waals surface area contributed by atoms with Gasteiger partial charge in [0.05, 0.1) is 18.1 Å². The van der Waals surface area contributed by atoms with Gasteiger partial charge < -0.3 is 5.73 Å². The lowest BCUT2D eigenvalue weighted by atomic mass is 10.0. The number of aromatic nitrogens is 2. The van der Waals surface area contributed by atoms with E-state index in [4.69, 9.17) is 5.73 Å². The van der Waals surface area contributed by atoms with Crippen molar-refractivity contribution in [2.75, 3.05) is 5.73 Å². The van der Waals surface area contributed by atoms with Crippen LogP contribution in [0.2, 0.25) is 0 Å². The van der Waals surface area contributed by atoms with Crippen LogP contribution < -0.4 is 5.73 Å². The van der Waals surface area contributed by atoms with Crippen LogP contribution in [0.4, 0.5) is 5.69 Å². The highest BCUT2D eigenvalue weighted by atomic mass is 15.1. The van der Waals surface area contributed by atoms with E-state index < -0.39 is 0 Å². The average Bonchev–Trinajstić information content (AvgIpc) is 2.18. The molecule has 2 N–H and O–H groups in total. The minimum atomic E-state index is 0.658. The van der Waals surface area contributed by atoms with Crippen molar-refractivity contribution in [3.8, 4) is 11.1 Å². The van der Waals surface area contributed by atoms with Crippen LogP contribution in [0.5, 0.6) is 0 Å². The summed E-state index contributed by atoms with van der Waals surface area (Å²) in [6.45, 7) is 2.05. The predicted octanol–water partition coefficient (Wildman–Crippen LogP) is 2.03. The van der Waals surface area contributed by atoms with Crippen LogP contribution in [0.3, 0.4) is 0 Å². The molecule has 70 valence electrons. The summed E-state index contributed by atoms with van der Waals surface area (Å²) in [4.78, 5) is 0. The summed E-state index contributed by atoms with van der Waals surface area (Å²) in [5, 5.41) is 7.54. The van der Waals surface area contributed by atoms with E-state index in [1.165, 1.54) is 5.56 Å². The Hall–Kier alpha value is -1.90. The van der Waals surface area contributed by atoms with Gasteiger partial charge in [-0.05, 0) is 12.5 Å². The van der Waals surface area contributed by atoms with Gasteiger partial charge in [0, 0.05) is 5.56 Å². The molecule has 14 heavy (non-hydrogen) atoms. The first kappa shape index (κ1) is 8.69. The molecule has 3 heteroatoms. The molecule has 0 radical (unpaired) electrons. The lowest BCUT2D eigenvalue weighted by molar-refractivity contribution is 1.04. The van der Waals surface area contributed by atoms with E-state index >= 15 is 0 Å². The highest BCUT2D eigenvalue weighted by molar-refractivity contribution is 5.74. The van der Waals surface area contributed by atoms with Crippen LogP contribution in [0.25, 0.3) is 11.1 Å². The predicted molar refractivity (Wildman–Crippen MR) is 56.6 cm³/mol. The van der Waals surface area contributed by atoms with Gasteiger partial charge in [0.1, 0.15) is 0 Å². The Bertz CT molecular complexity index is 452. The molecular formula is C11H11N3. The van der Waals surface area contributed by atoms with Crippen molar-refractivity contribution in [3.63, 3.8) is 0 Å². The zero-order valence-electron chi connectivity index (χ0n) is 7.94. The number of nitrogens with two attached hydrogens (primary N) is 1. The average molecular weight is 185 g/mol. The van der Waals surface area contributed by atoms with Gasteiger partial charge in [-0.3, -0.25) is 0 Å². The molecule has 0 atom stereocenters. The van der Waals surface area contributed by atoms with Gasteiger partial charge >= 0.3 is 0 Å². The topological polar surface area (TPSA) is 51.8 Å². The van der Waals surface area contributed by atoms with Crippen LogP contribution >= 0.6 is 0 Å². The minimum Gasteiger partial charge on any atom is -0.397 e. The van der Waals surface area contributed by atoms with Crippen LogP contribution in [0, 0.1) is 6.92 Å². The quantitative estimate of drug-likeness (QED) is 0.739. The van der Waals surface area contributed by atoms with Gasteiger partial charge in [0.2, 0.25) is 0 Å². The van der Waals surface area contributed by atoms with Crippen molar-refractivity contribution >= 4 is 5.69 Å².